The molecule has 9 nitrogen and oxygen atoms in total. The first kappa shape index (κ1) is 23.2. The van der Waals surface area contributed by atoms with E-state index < -0.39 is 24.0 Å². The average molecular weight is 376 g/mol. The largest absolute Gasteiger partial charge is 0.480 e. The van der Waals surface area contributed by atoms with Crippen LogP contribution in [0.1, 0.15) is 39.5 Å². The zero-order valence-corrected chi connectivity index (χ0v) is 15.7. The molecule has 25 heavy (non-hydrogen) atoms. The number of carboxylic acid groups (broad SMARTS) is 1. The van der Waals surface area contributed by atoms with Gasteiger partial charge in [-0.25, -0.2) is 4.79 Å². The number of hydrogen-bond acceptors (Lipinski definition) is 6. The van der Waals surface area contributed by atoms with Gasteiger partial charge in [-0.3, -0.25) is 25.3 Å². The van der Waals surface area contributed by atoms with Crippen LogP contribution in [0.25, 0.3) is 0 Å². The van der Waals surface area contributed by atoms with E-state index in [9.17, 15) is 19.5 Å². The minimum Gasteiger partial charge on any atom is -0.480 e. The smallest absolute Gasteiger partial charge is 0.326 e. The molecule has 1 unspecified atom stereocenters. The van der Waals surface area contributed by atoms with Gasteiger partial charge >= 0.3 is 5.97 Å². The number of aliphatic imine (C=N–C) groups is 1. The Labute approximate surface area is 152 Å². The summed E-state index contributed by atoms with van der Waals surface area (Å²) in [5.41, 5.74) is 1.92. The van der Waals surface area contributed by atoms with Crippen molar-refractivity contribution in [2.24, 2.45) is 4.99 Å². The minimum atomic E-state index is -1.11. The fourth-order valence-corrected chi connectivity index (χ4v) is 2.49. The van der Waals surface area contributed by atoms with Gasteiger partial charge in [0.1, 0.15) is 17.9 Å². The van der Waals surface area contributed by atoms with Crippen LogP contribution in [0.5, 0.6) is 0 Å². The Hall–Kier alpha value is -1.81. The molecule has 0 aliphatic carbocycles. The number of nitrogens with one attached hydrogen (secondary N) is 3. The lowest BCUT2D eigenvalue weighted by molar-refractivity contribution is -0.142. The van der Waals surface area contributed by atoms with Crippen molar-refractivity contribution in [2.45, 2.75) is 51.6 Å². The van der Waals surface area contributed by atoms with Gasteiger partial charge in [-0.15, -0.1) is 0 Å². The van der Waals surface area contributed by atoms with Crippen molar-refractivity contribution in [1.82, 2.24) is 16.1 Å². The molecule has 0 fully saturated rings. The number of carboxylic acids is 1. The van der Waals surface area contributed by atoms with Gasteiger partial charge in [0.25, 0.3) is 0 Å². The molecule has 0 bridgehead atoms. The topological polar surface area (TPSA) is 140 Å². The molecule has 5 N–H and O–H groups in total. The molecular weight excluding hydrogens is 348 g/mol. The van der Waals surface area contributed by atoms with E-state index in [4.69, 9.17) is 5.21 Å². The van der Waals surface area contributed by atoms with Crippen LogP contribution in [0, 0.1) is 0 Å². The van der Waals surface area contributed by atoms with Crippen LogP contribution in [-0.4, -0.2) is 64.6 Å². The first-order valence-electron chi connectivity index (χ1n) is 8.02. The summed E-state index contributed by atoms with van der Waals surface area (Å²) in [6, 6.07) is -1.76. The Bertz CT molecular complexity index is 473. The quantitative estimate of drug-likeness (QED) is 0.144. The average Bonchev–Trinajstić information content (AvgIpc) is 2.56. The maximum Gasteiger partial charge on any atom is 0.326 e. The monoisotopic (exact) mass is 376 g/mol. The molecule has 10 heteroatoms. The Kier molecular flexibility index (Phi) is 12.5. The Balaban J connectivity index is 4.52. The highest BCUT2D eigenvalue weighted by Crippen LogP contribution is 2.05. The standard InChI is InChI=1S/C15H28N4O5S/c1-10(19-24)16-8-5-4-6-13(15(22)23)18-14(21)12(7-9-25-3)17-11(2)20/h12-13,24H,4-9H2,1-3H3,(H,16,19)(H,17,20)(H,18,21)(H,22,23)/t12?,13-/m0/s1. The van der Waals surface area contributed by atoms with E-state index in [0.717, 1.165) is 0 Å². The van der Waals surface area contributed by atoms with Gasteiger partial charge in [0, 0.05) is 13.5 Å². The number of amides is 2. The van der Waals surface area contributed by atoms with E-state index in [2.05, 4.69) is 15.6 Å². The Morgan fingerprint density at radius 3 is 2.28 bits per heavy atom. The molecule has 0 aromatic heterocycles. The van der Waals surface area contributed by atoms with Crippen LogP contribution >= 0.6 is 11.8 Å². The summed E-state index contributed by atoms with van der Waals surface area (Å²) in [5.74, 6) is -0.882. The lowest BCUT2D eigenvalue weighted by Gasteiger charge is -2.20. The summed E-state index contributed by atoms with van der Waals surface area (Å²) in [6.45, 7) is 3.37. The van der Waals surface area contributed by atoms with Gasteiger partial charge in [0.15, 0.2) is 0 Å². The molecule has 0 saturated carbocycles. The lowest BCUT2D eigenvalue weighted by atomic mass is 10.1. The number of nitrogens with zero attached hydrogens (tertiary/aromatic N) is 1. The molecule has 144 valence electrons. The molecule has 2 amide bonds. The van der Waals surface area contributed by atoms with Crippen LogP contribution in [0.4, 0.5) is 0 Å². The molecule has 0 radical (unpaired) electrons. The van der Waals surface area contributed by atoms with Crippen molar-refractivity contribution in [3.63, 3.8) is 0 Å². The van der Waals surface area contributed by atoms with Crippen molar-refractivity contribution in [3.8, 4) is 0 Å². The van der Waals surface area contributed by atoms with E-state index in [1.807, 2.05) is 11.7 Å². The van der Waals surface area contributed by atoms with Crippen LogP contribution in [-0.2, 0) is 14.4 Å². The molecule has 0 heterocycles. The number of hydroxylamine groups is 1. The summed E-state index contributed by atoms with van der Waals surface area (Å²) < 4.78 is 0. The maximum atomic E-state index is 12.3. The number of thioether (sulfide) groups is 1. The zero-order valence-electron chi connectivity index (χ0n) is 14.9. The van der Waals surface area contributed by atoms with E-state index in [1.54, 1.807) is 18.7 Å². The Morgan fingerprint density at radius 2 is 1.76 bits per heavy atom. The molecule has 0 rings (SSSR count). The van der Waals surface area contributed by atoms with Crippen LogP contribution < -0.4 is 16.1 Å². The summed E-state index contributed by atoms with van der Waals surface area (Å²) >= 11 is 1.54. The Morgan fingerprint density at radius 1 is 1.08 bits per heavy atom. The predicted octanol–water partition coefficient (Wildman–Crippen LogP) is 0.381. The molecule has 0 aliphatic rings. The SMILES string of the molecule is CSCCC(NC(C)=O)C(=O)N[C@@H](CCCCN=C(C)NO)C(=O)O. The highest BCUT2D eigenvalue weighted by Gasteiger charge is 2.25. The van der Waals surface area contributed by atoms with E-state index >= 15 is 0 Å². The lowest BCUT2D eigenvalue weighted by Crippen LogP contribution is -2.51. The first-order chi connectivity index (χ1) is 11.8. The third-order valence-corrected chi connectivity index (χ3v) is 3.97. The first-order valence-corrected chi connectivity index (χ1v) is 9.41. The summed E-state index contributed by atoms with van der Waals surface area (Å²) in [7, 11) is 0. The minimum absolute atomic E-state index is 0.261. The van der Waals surface area contributed by atoms with Gasteiger partial charge in [-0.2, -0.15) is 11.8 Å². The van der Waals surface area contributed by atoms with Crippen LogP contribution in [0.3, 0.4) is 0 Å². The number of rotatable bonds is 12. The van der Waals surface area contributed by atoms with Crippen molar-refractivity contribution in [3.05, 3.63) is 0 Å². The second-order valence-electron chi connectivity index (χ2n) is 5.51. The number of carbonyl (C=O) groups is 3. The molecule has 0 spiro atoms. The highest BCUT2D eigenvalue weighted by atomic mass is 32.2. The molecule has 0 aliphatic heterocycles. The number of carbonyl (C=O) groups excluding carboxylic acids is 2. The molecular formula is C15H28N4O5S. The summed E-state index contributed by atoms with van der Waals surface area (Å²) in [4.78, 5) is 38.8. The third kappa shape index (κ3) is 11.4. The van der Waals surface area contributed by atoms with Gasteiger partial charge < -0.3 is 15.7 Å². The number of amidine groups is 1. The van der Waals surface area contributed by atoms with Gasteiger partial charge in [-0.05, 0) is 44.6 Å². The highest BCUT2D eigenvalue weighted by molar-refractivity contribution is 7.98. The predicted molar refractivity (Wildman–Crippen MR) is 96.9 cm³/mol. The second-order valence-corrected chi connectivity index (χ2v) is 6.49. The number of aliphatic carboxylic acids is 1. The van der Waals surface area contributed by atoms with Gasteiger partial charge in [0.2, 0.25) is 11.8 Å². The maximum absolute atomic E-state index is 12.3. The van der Waals surface area contributed by atoms with Crippen molar-refractivity contribution in [1.29, 1.82) is 0 Å². The van der Waals surface area contributed by atoms with Crippen LogP contribution in [0.15, 0.2) is 4.99 Å². The van der Waals surface area contributed by atoms with Crippen molar-refractivity contribution in [2.75, 3.05) is 18.6 Å². The van der Waals surface area contributed by atoms with Gasteiger partial charge in [0.05, 0.1) is 0 Å². The van der Waals surface area contributed by atoms with Crippen molar-refractivity contribution >= 4 is 35.4 Å². The third-order valence-electron chi connectivity index (χ3n) is 3.33. The van der Waals surface area contributed by atoms with E-state index in [0.29, 0.717) is 37.4 Å². The van der Waals surface area contributed by atoms with Gasteiger partial charge in [-0.1, -0.05) is 0 Å². The number of unbranched alkanes of at least 4 members (excludes halogenated alkanes) is 1. The van der Waals surface area contributed by atoms with Crippen molar-refractivity contribution < 1.29 is 24.7 Å². The summed E-state index contributed by atoms with van der Waals surface area (Å²) in [6.07, 6.45) is 3.76. The number of hydrogen-bond donors (Lipinski definition) is 5. The fraction of sp³-hybridized carbons (Fsp3) is 0.733. The van der Waals surface area contributed by atoms with Crippen LogP contribution in [0.2, 0.25) is 0 Å². The van der Waals surface area contributed by atoms with E-state index in [-0.39, 0.29) is 12.3 Å². The fourth-order valence-electron chi connectivity index (χ4n) is 2.02. The van der Waals surface area contributed by atoms with E-state index in [1.165, 1.54) is 6.92 Å². The zero-order chi connectivity index (χ0) is 19.2. The normalized spacial score (nSPS) is 13.7. The molecule has 0 saturated heterocycles. The summed E-state index contributed by atoms with van der Waals surface area (Å²) in [5, 5.41) is 22.9. The molecule has 0 aromatic rings. The second kappa shape index (κ2) is 13.5. The molecule has 0 aromatic carbocycles. The molecule has 2 atom stereocenters.